The lowest BCUT2D eigenvalue weighted by molar-refractivity contribution is 0.149. The minimum absolute atomic E-state index is 0.0441. The smallest absolute Gasteiger partial charge is 0.267 e. The first-order chi connectivity index (χ1) is 5.54. The van der Waals surface area contributed by atoms with Crippen molar-refractivity contribution in [3.05, 3.63) is 20.5 Å². The maximum Gasteiger partial charge on any atom is 0.267 e. The summed E-state index contributed by atoms with van der Waals surface area (Å²) in [4.78, 5) is 3.39. The van der Waals surface area contributed by atoms with Gasteiger partial charge in [-0.05, 0) is 22.6 Å². The quantitative estimate of drug-likeness (QED) is 0.639. The molecule has 6 heteroatoms. The van der Waals surface area contributed by atoms with Gasteiger partial charge in [-0.2, -0.15) is 0 Å². The maximum atomic E-state index is 12.2. The third-order valence-corrected chi connectivity index (χ3v) is 2.64. The molecule has 1 heterocycles. The van der Waals surface area contributed by atoms with Crippen LogP contribution >= 0.6 is 34.2 Å². The van der Waals surface area contributed by atoms with Crippen molar-refractivity contribution < 1.29 is 13.9 Å². The number of hydrogen-bond donors (Lipinski definition) is 1. The third-order valence-electron chi connectivity index (χ3n) is 1.20. The monoisotopic (exact) mass is 305 g/mol. The second-order valence-electron chi connectivity index (χ2n) is 1.96. The summed E-state index contributed by atoms with van der Waals surface area (Å²) in [5, 5.41) is 8.74. The molecule has 0 bridgehead atoms. The largest absolute Gasteiger partial charge is 0.505 e. The number of halogens is 4. The third kappa shape index (κ3) is 1.77. The van der Waals surface area contributed by atoms with Gasteiger partial charge in [-0.25, -0.2) is 13.8 Å². The van der Waals surface area contributed by atoms with Crippen LogP contribution in [0.25, 0.3) is 0 Å². The van der Waals surface area contributed by atoms with E-state index in [9.17, 15) is 8.78 Å². The van der Waals surface area contributed by atoms with Crippen molar-refractivity contribution in [3.63, 3.8) is 0 Å². The van der Waals surface area contributed by atoms with E-state index in [0.717, 1.165) is 6.20 Å². The van der Waals surface area contributed by atoms with Gasteiger partial charge in [0.2, 0.25) is 0 Å². The van der Waals surface area contributed by atoms with Gasteiger partial charge < -0.3 is 5.11 Å². The maximum absolute atomic E-state index is 12.2. The van der Waals surface area contributed by atoms with E-state index >= 15 is 0 Å². The summed E-state index contributed by atoms with van der Waals surface area (Å²) in [5.41, 5.74) is -0.419. The molecule has 1 N–H and O–H groups in total. The first kappa shape index (κ1) is 9.91. The zero-order chi connectivity index (χ0) is 9.30. The van der Waals surface area contributed by atoms with Crippen LogP contribution in [0.1, 0.15) is 12.0 Å². The van der Waals surface area contributed by atoms with Crippen molar-refractivity contribution in [1.82, 2.24) is 4.98 Å². The van der Waals surface area contributed by atoms with Crippen molar-refractivity contribution >= 4 is 34.2 Å². The topological polar surface area (TPSA) is 33.1 Å². The van der Waals surface area contributed by atoms with Crippen molar-refractivity contribution in [2.75, 3.05) is 0 Å². The zero-order valence-electron chi connectivity index (χ0n) is 5.56. The van der Waals surface area contributed by atoms with Gasteiger partial charge in [0.25, 0.3) is 6.43 Å². The fourth-order valence-corrected chi connectivity index (χ4v) is 1.67. The second kappa shape index (κ2) is 3.69. The predicted octanol–water partition coefficient (Wildman–Crippen LogP) is 2.98. The van der Waals surface area contributed by atoms with Crippen LogP contribution < -0.4 is 0 Å². The Balaban J connectivity index is 3.33. The molecule has 0 atom stereocenters. The zero-order valence-corrected chi connectivity index (χ0v) is 8.47. The van der Waals surface area contributed by atoms with Crippen LogP contribution in [0.15, 0.2) is 6.20 Å². The van der Waals surface area contributed by atoms with Crippen LogP contribution in [-0.4, -0.2) is 10.1 Å². The molecule has 0 saturated heterocycles. The molecule has 0 aromatic carbocycles. The number of rotatable bonds is 1. The van der Waals surface area contributed by atoms with Gasteiger partial charge in [0, 0.05) is 0 Å². The van der Waals surface area contributed by atoms with Crippen LogP contribution in [0.2, 0.25) is 5.15 Å². The summed E-state index contributed by atoms with van der Waals surface area (Å²) in [6.07, 6.45) is -1.68. The standard InChI is InChI=1S/C6H3ClF2INO/c7-5-3(6(8)9)4(10)2(12)1-11-5/h1,6,12H. The Labute approximate surface area is 85.7 Å². The average molecular weight is 305 g/mol. The second-order valence-corrected chi connectivity index (χ2v) is 3.40. The molecule has 0 aliphatic carbocycles. The molecule has 1 aromatic rings. The van der Waals surface area contributed by atoms with Gasteiger partial charge in [0.15, 0.2) is 0 Å². The molecule has 12 heavy (non-hydrogen) atoms. The molecule has 0 unspecified atom stereocenters. The lowest BCUT2D eigenvalue weighted by atomic mass is 10.3. The van der Waals surface area contributed by atoms with Gasteiger partial charge in [0.1, 0.15) is 10.9 Å². The summed E-state index contributed by atoms with van der Waals surface area (Å²) in [7, 11) is 0. The number of pyridine rings is 1. The van der Waals surface area contributed by atoms with Crippen molar-refractivity contribution in [2.24, 2.45) is 0 Å². The van der Waals surface area contributed by atoms with E-state index in [2.05, 4.69) is 4.98 Å². The molecule has 0 amide bonds. The molecule has 2 nitrogen and oxygen atoms in total. The van der Waals surface area contributed by atoms with E-state index in [-0.39, 0.29) is 14.5 Å². The Morgan fingerprint density at radius 3 is 2.58 bits per heavy atom. The molecule has 0 saturated carbocycles. The van der Waals surface area contributed by atoms with E-state index in [1.165, 1.54) is 0 Å². The molecular formula is C6H3ClF2INO. The van der Waals surface area contributed by atoms with Gasteiger partial charge >= 0.3 is 0 Å². The lowest BCUT2D eigenvalue weighted by Gasteiger charge is -2.05. The predicted molar refractivity (Wildman–Crippen MR) is 48.6 cm³/mol. The summed E-state index contributed by atoms with van der Waals surface area (Å²) < 4.78 is 24.5. The van der Waals surface area contributed by atoms with Crippen molar-refractivity contribution in [1.29, 1.82) is 0 Å². The number of aromatic hydroxyl groups is 1. The number of nitrogens with zero attached hydrogens (tertiary/aromatic N) is 1. The van der Waals surface area contributed by atoms with Gasteiger partial charge in [-0.1, -0.05) is 11.6 Å². The highest BCUT2D eigenvalue weighted by Crippen LogP contribution is 2.34. The summed E-state index contributed by atoms with van der Waals surface area (Å²) in [5.74, 6) is -0.282. The van der Waals surface area contributed by atoms with E-state index in [1.54, 1.807) is 22.6 Å². The Morgan fingerprint density at radius 1 is 1.58 bits per heavy atom. The Morgan fingerprint density at radius 2 is 2.17 bits per heavy atom. The molecule has 0 radical (unpaired) electrons. The fourth-order valence-electron chi connectivity index (χ4n) is 0.658. The van der Waals surface area contributed by atoms with Crippen LogP contribution in [0.5, 0.6) is 5.75 Å². The molecule has 0 aliphatic rings. The molecule has 1 aromatic heterocycles. The van der Waals surface area contributed by atoms with Crippen LogP contribution in [-0.2, 0) is 0 Å². The summed E-state index contributed by atoms with van der Waals surface area (Å²) in [6, 6.07) is 0. The Hall–Kier alpha value is -0.170. The Bertz CT molecular complexity index is 308. The highest BCUT2D eigenvalue weighted by molar-refractivity contribution is 14.1. The highest BCUT2D eigenvalue weighted by Gasteiger charge is 2.19. The SMILES string of the molecule is Oc1cnc(Cl)c(C(F)F)c1I. The van der Waals surface area contributed by atoms with Crippen LogP contribution in [0.3, 0.4) is 0 Å². The molecule has 0 fully saturated rings. The van der Waals surface area contributed by atoms with Crippen molar-refractivity contribution in [2.45, 2.75) is 6.43 Å². The fraction of sp³-hybridized carbons (Fsp3) is 0.167. The Kier molecular flexibility index (Phi) is 3.05. The summed E-state index contributed by atoms with van der Waals surface area (Å²) >= 11 is 6.98. The van der Waals surface area contributed by atoms with Gasteiger partial charge in [0.05, 0.1) is 15.3 Å². The average Bonchev–Trinajstić information content (AvgIpc) is 1.97. The van der Waals surface area contributed by atoms with E-state index < -0.39 is 12.0 Å². The molecule has 0 aliphatic heterocycles. The van der Waals surface area contributed by atoms with E-state index in [1.807, 2.05) is 0 Å². The van der Waals surface area contributed by atoms with Gasteiger partial charge in [-0.3, -0.25) is 0 Å². The molecular weight excluding hydrogens is 302 g/mol. The van der Waals surface area contributed by atoms with Crippen LogP contribution in [0.4, 0.5) is 8.78 Å². The first-order valence-electron chi connectivity index (χ1n) is 2.85. The van der Waals surface area contributed by atoms with E-state index in [0.29, 0.717) is 0 Å². The van der Waals surface area contributed by atoms with Gasteiger partial charge in [-0.15, -0.1) is 0 Å². The van der Waals surface area contributed by atoms with E-state index in [4.69, 9.17) is 16.7 Å². The normalized spacial score (nSPS) is 10.8. The summed E-state index contributed by atoms with van der Waals surface area (Å²) in [6.45, 7) is 0. The molecule has 1 rings (SSSR count). The van der Waals surface area contributed by atoms with Crippen LogP contribution in [0, 0.1) is 3.57 Å². The van der Waals surface area contributed by atoms with Crippen molar-refractivity contribution in [3.8, 4) is 5.75 Å². The minimum atomic E-state index is -2.72. The number of hydrogen-bond acceptors (Lipinski definition) is 2. The number of aromatic nitrogens is 1. The first-order valence-corrected chi connectivity index (χ1v) is 4.30. The highest BCUT2D eigenvalue weighted by atomic mass is 127. The molecule has 0 spiro atoms. The molecule has 66 valence electrons. The number of alkyl halides is 2. The lowest BCUT2D eigenvalue weighted by Crippen LogP contribution is -1.93. The minimum Gasteiger partial charge on any atom is -0.505 e.